The summed E-state index contributed by atoms with van der Waals surface area (Å²) in [5.41, 5.74) is 1.29. The van der Waals surface area contributed by atoms with Gasteiger partial charge in [0.1, 0.15) is 5.03 Å². The summed E-state index contributed by atoms with van der Waals surface area (Å²) >= 11 is 6.35. The van der Waals surface area contributed by atoms with E-state index in [9.17, 15) is 5.11 Å². The largest absolute Gasteiger partial charge is 0.502 e. The van der Waals surface area contributed by atoms with E-state index in [1.54, 1.807) is 50.6 Å². The number of halogens is 1. The normalized spacial score (nSPS) is 11.3. The number of phenolic OH excluding ortho intramolecular Hbond substituents is 1. The molecule has 0 saturated heterocycles. The summed E-state index contributed by atoms with van der Waals surface area (Å²) < 4.78 is 26.1. The van der Waals surface area contributed by atoms with Crippen LogP contribution in [0, 0.1) is 0 Å². The number of phenols is 1. The van der Waals surface area contributed by atoms with Crippen molar-refractivity contribution in [2.24, 2.45) is 0 Å². The number of nitrogens with zero attached hydrogens (tertiary/aromatic N) is 2. The third-order valence-corrected chi connectivity index (χ3v) is 4.34. The summed E-state index contributed by atoms with van der Waals surface area (Å²) in [5, 5.41) is 14.2. The van der Waals surface area contributed by atoms with Crippen molar-refractivity contribution in [1.82, 2.24) is 10.1 Å². The average Bonchev–Trinajstić information content (AvgIpc) is 3.24. The number of aromatic hydroxyl groups is 1. The molecule has 9 heteroatoms. The molecule has 0 atom stereocenters. The second-order valence-electron chi connectivity index (χ2n) is 5.76. The van der Waals surface area contributed by atoms with Gasteiger partial charge in [-0.1, -0.05) is 16.8 Å². The van der Waals surface area contributed by atoms with Crippen molar-refractivity contribution in [2.45, 2.75) is 0 Å². The predicted octanol–water partition coefficient (Wildman–Crippen LogP) is 4.21. The predicted molar refractivity (Wildman–Crippen MR) is 108 cm³/mol. The molecule has 0 amide bonds. The van der Waals surface area contributed by atoms with Gasteiger partial charge in [-0.15, -0.1) is 0 Å². The fourth-order valence-electron chi connectivity index (χ4n) is 2.62. The molecular weight excluding hydrogens is 400 g/mol. The highest BCUT2D eigenvalue weighted by Crippen LogP contribution is 2.38. The van der Waals surface area contributed by atoms with Crippen molar-refractivity contribution in [3.05, 3.63) is 41.8 Å². The Labute approximate surface area is 172 Å². The quantitative estimate of drug-likeness (QED) is 0.609. The van der Waals surface area contributed by atoms with Crippen LogP contribution in [-0.2, 0) is 0 Å². The summed E-state index contributed by atoms with van der Waals surface area (Å²) in [4.78, 5) is 4.32. The van der Waals surface area contributed by atoms with E-state index in [-0.39, 0.29) is 28.2 Å². The van der Waals surface area contributed by atoms with Crippen LogP contribution in [0.1, 0.15) is 11.5 Å². The van der Waals surface area contributed by atoms with E-state index >= 15 is 0 Å². The minimum absolute atomic E-state index is 0.100. The van der Waals surface area contributed by atoms with Gasteiger partial charge in [0.25, 0.3) is 5.89 Å². The van der Waals surface area contributed by atoms with Crippen LogP contribution < -0.4 is 18.9 Å². The van der Waals surface area contributed by atoms with Gasteiger partial charge in [-0.25, -0.2) is 0 Å². The van der Waals surface area contributed by atoms with E-state index in [2.05, 4.69) is 10.1 Å². The molecule has 0 aliphatic heterocycles. The minimum Gasteiger partial charge on any atom is -0.502 e. The smallest absolute Gasteiger partial charge is 0.269 e. The van der Waals surface area contributed by atoms with E-state index in [1.807, 2.05) is 0 Å². The molecule has 0 unspecified atom stereocenters. The number of hydrogen-bond donors (Lipinski definition) is 1. The first-order valence-electron chi connectivity index (χ1n) is 8.39. The second kappa shape index (κ2) is 8.74. The van der Waals surface area contributed by atoms with Gasteiger partial charge in [0, 0.05) is 5.56 Å². The van der Waals surface area contributed by atoms with E-state index in [1.165, 1.54) is 14.2 Å². The lowest BCUT2D eigenvalue weighted by atomic mass is 10.1. The zero-order valence-corrected chi connectivity index (χ0v) is 17.0. The van der Waals surface area contributed by atoms with Gasteiger partial charge < -0.3 is 28.6 Å². The Morgan fingerprint density at radius 2 is 1.55 bits per heavy atom. The van der Waals surface area contributed by atoms with Gasteiger partial charge in [0.15, 0.2) is 23.0 Å². The Kier molecular flexibility index (Phi) is 6.13. The first kappa shape index (κ1) is 20.3. The van der Waals surface area contributed by atoms with Crippen molar-refractivity contribution < 1.29 is 28.6 Å². The fourth-order valence-corrected chi connectivity index (χ4v) is 2.82. The van der Waals surface area contributed by atoms with Crippen LogP contribution in [0.3, 0.4) is 0 Å². The molecule has 0 bridgehead atoms. The first-order valence-corrected chi connectivity index (χ1v) is 8.77. The van der Waals surface area contributed by atoms with Crippen molar-refractivity contribution in [3.63, 3.8) is 0 Å². The molecule has 1 aromatic heterocycles. The number of ether oxygens (including phenoxy) is 4. The summed E-state index contributed by atoms with van der Waals surface area (Å²) in [6, 6.07) is 8.47. The molecule has 1 heterocycles. The van der Waals surface area contributed by atoms with Gasteiger partial charge in [-0.3, -0.25) is 0 Å². The second-order valence-corrected chi connectivity index (χ2v) is 6.17. The van der Waals surface area contributed by atoms with Crippen molar-refractivity contribution in [3.8, 4) is 40.1 Å². The van der Waals surface area contributed by atoms with E-state index in [0.29, 0.717) is 28.5 Å². The van der Waals surface area contributed by atoms with Gasteiger partial charge in [0.2, 0.25) is 11.6 Å². The van der Waals surface area contributed by atoms with Crippen LogP contribution in [0.4, 0.5) is 0 Å². The van der Waals surface area contributed by atoms with Gasteiger partial charge in [-0.05, 0) is 42.0 Å². The van der Waals surface area contributed by atoms with Crippen LogP contribution in [0.25, 0.3) is 22.5 Å². The number of hydrogen-bond acceptors (Lipinski definition) is 8. The molecule has 0 fully saturated rings. The molecule has 152 valence electrons. The van der Waals surface area contributed by atoms with Crippen LogP contribution in [0.5, 0.6) is 28.7 Å². The molecule has 2 aromatic carbocycles. The lowest BCUT2D eigenvalue weighted by molar-refractivity contribution is 0.340. The number of rotatable bonds is 7. The van der Waals surface area contributed by atoms with Gasteiger partial charge >= 0.3 is 0 Å². The third kappa shape index (κ3) is 4.22. The first-order chi connectivity index (χ1) is 14.0. The Hall–Kier alpha value is -3.39. The highest BCUT2D eigenvalue weighted by Gasteiger charge is 2.15. The molecular formula is C20H19ClN2O6. The highest BCUT2D eigenvalue weighted by molar-refractivity contribution is 6.50. The Morgan fingerprint density at radius 1 is 0.931 bits per heavy atom. The lowest BCUT2D eigenvalue weighted by Gasteiger charge is -2.09. The summed E-state index contributed by atoms with van der Waals surface area (Å²) in [6.45, 7) is 0. The van der Waals surface area contributed by atoms with Crippen LogP contribution in [0.15, 0.2) is 34.9 Å². The van der Waals surface area contributed by atoms with E-state index in [0.717, 1.165) is 0 Å². The summed E-state index contributed by atoms with van der Waals surface area (Å²) in [5.74, 6) is 2.00. The lowest BCUT2D eigenvalue weighted by Crippen LogP contribution is -1.91. The highest BCUT2D eigenvalue weighted by atomic mass is 35.5. The molecule has 0 saturated carbocycles. The van der Waals surface area contributed by atoms with E-state index in [4.69, 9.17) is 35.1 Å². The zero-order chi connectivity index (χ0) is 21.0. The molecule has 1 N–H and O–H groups in total. The molecule has 3 aromatic rings. The van der Waals surface area contributed by atoms with Crippen LogP contribution >= 0.6 is 11.6 Å². The molecule has 3 rings (SSSR count). The standard InChI is InChI=1S/C20H19ClN2O6/c1-25-14-6-5-12(10-15(14)26-2)19-22-20(29-23-19)13(21)7-11-8-16(27-3)18(24)17(9-11)28-4/h5-10,24H,1-4H3/b13-7-. The molecule has 0 radical (unpaired) electrons. The number of aromatic nitrogens is 2. The maximum atomic E-state index is 10.0. The molecule has 0 spiro atoms. The molecule has 8 nitrogen and oxygen atoms in total. The van der Waals surface area contributed by atoms with Crippen molar-refractivity contribution >= 4 is 22.7 Å². The summed E-state index contributed by atoms with van der Waals surface area (Å²) in [6.07, 6.45) is 1.60. The number of methoxy groups -OCH3 is 4. The Balaban J connectivity index is 1.92. The Bertz CT molecular complexity index is 1020. The maximum Gasteiger partial charge on any atom is 0.269 e. The molecule has 0 aliphatic carbocycles. The van der Waals surface area contributed by atoms with Crippen LogP contribution in [-0.4, -0.2) is 43.7 Å². The monoisotopic (exact) mass is 418 g/mol. The Morgan fingerprint density at radius 3 is 2.14 bits per heavy atom. The third-order valence-electron chi connectivity index (χ3n) is 4.07. The van der Waals surface area contributed by atoms with Gasteiger partial charge in [0.05, 0.1) is 28.4 Å². The topological polar surface area (TPSA) is 96.1 Å². The van der Waals surface area contributed by atoms with E-state index < -0.39 is 0 Å². The average molecular weight is 419 g/mol. The van der Waals surface area contributed by atoms with Gasteiger partial charge in [-0.2, -0.15) is 4.98 Å². The van der Waals surface area contributed by atoms with Crippen LogP contribution in [0.2, 0.25) is 0 Å². The summed E-state index contributed by atoms with van der Waals surface area (Å²) in [7, 11) is 5.99. The molecule has 29 heavy (non-hydrogen) atoms. The maximum absolute atomic E-state index is 10.0. The number of benzene rings is 2. The fraction of sp³-hybridized carbons (Fsp3) is 0.200. The SMILES string of the molecule is COc1ccc(-c2noc(/C(Cl)=C/c3cc(OC)c(O)c(OC)c3)n2)cc1OC. The van der Waals surface area contributed by atoms with Crippen molar-refractivity contribution in [2.75, 3.05) is 28.4 Å². The zero-order valence-electron chi connectivity index (χ0n) is 16.2. The minimum atomic E-state index is -0.100. The van der Waals surface area contributed by atoms with Crippen molar-refractivity contribution in [1.29, 1.82) is 0 Å². The molecule has 0 aliphatic rings.